The Balaban J connectivity index is 2.47. The summed E-state index contributed by atoms with van der Waals surface area (Å²) in [7, 11) is 0. The molecule has 0 aliphatic heterocycles. The molecule has 17 heavy (non-hydrogen) atoms. The summed E-state index contributed by atoms with van der Waals surface area (Å²) in [6.07, 6.45) is 5.03. The van der Waals surface area contributed by atoms with Crippen molar-refractivity contribution in [3.63, 3.8) is 0 Å². The molecule has 1 atom stereocenters. The average Bonchev–Trinajstić information content (AvgIpc) is 2.91. The summed E-state index contributed by atoms with van der Waals surface area (Å²) in [6, 6.07) is -0.106. The summed E-state index contributed by atoms with van der Waals surface area (Å²) in [5, 5.41) is 4.81. The van der Waals surface area contributed by atoms with Gasteiger partial charge in [0.2, 0.25) is 0 Å². The molecule has 0 aliphatic rings. The van der Waals surface area contributed by atoms with Gasteiger partial charge < -0.3 is 4.98 Å². The van der Waals surface area contributed by atoms with E-state index in [-0.39, 0.29) is 12.1 Å². The van der Waals surface area contributed by atoms with Gasteiger partial charge in [0, 0.05) is 18.4 Å². The Morgan fingerprint density at radius 1 is 1.53 bits per heavy atom. The maximum absolute atomic E-state index is 6.16. The van der Waals surface area contributed by atoms with Gasteiger partial charge in [-0.2, -0.15) is 5.10 Å². The van der Waals surface area contributed by atoms with Gasteiger partial charge in [0.05, 0.1) is 16.9 Å². The van der Waals surface area contributed by atoms with Crippen LogP contribution in [0.3, 0.4) is 0 Å². The first kappa shape index (κ1) is 12.1. The zero-order valence-corrected chi connectivity index (χ0v) is 10.4. The Morgan fingerprint density at radius 3 is 2.82 bits per heavy atom. The molecule has 0 saturated heterocycles. The Kier molecular flexibility index (Phi) is 3.46. The number of aromatic amines is 1. The zero-order chi connectivity index (χ0) is 12.4. The summed E-state index contributed by atoms with van der Waals surface area (Å²) >= 11 is 6.16. The van der Waals surface area contributed by atoms with E-state index in [9.17, 15) is 0 Å². The van der Waals surface area contributed by atoms with Gasteiger partial charge in [0.25, 0.3) is 0 Å². The molecule has 7 heteroatoms. The van der Waals surface area contributed by atoms with Crippen LogP contribution < -0.4 is 11.3 Å². The van der Waals surface area contributed by atoms with Crippen LogP contribution in [0, 0.1) is 0 Å². The number of H-pyrrole nitrogens is 1. The molecule has 0 saturated carbocycles. The van der Waals surface area contributed by atoms with Crippen molar-refractivity contribution in [3.8, 4) is 0 Å². The number of halogens is 1. The lowest BCUT2D eigenvalue weighted by molar-refractivity contribution is 0.469. The molecule has 2 aromatic heterocycles. The van der Waals surface area contributed by atoms with E-state index in [2.05, 4.69) is 20.5 Å². The van der Waals surface area contributed by atoms with E-state index in [1.807, 2.05) is 18.5 Å². The smallest absolute Gasteiger partial charge is 0.130 e. The fourth-order valence-corrected chi connectivity index (χ4v) is 1.99. The molecule has 6 nitrogen and oxygen atoms in total. The second kappa shape index (κ2) is 4.87. The van der Waals surface area contributed by atoms with Crippen LogP contribution in [-0.2, 0) is 0 Å². The molecule has 0 amide bonds. The largest absolute Gasteiger partial charge is 0.347 e. The molecule has 92 valence electrons. The van der Waals surface area contributed by atoms with Gasteiger partial charge in [-0.15, -0.1) is 0 Å². The summed E-state index contributed by atoms with van der Waals surface area (Å²) < 4.78 is 1.83. The predicted octanol–water partition coefficient (Wildman–Crippen LogP) is 1.39. The Labute approximate surface area is 104 Å². The monoisotopic (exact) mass is 254 g/mol. The fourth-order valence-electron chi connectivity index (χ4n) is 1.76. The molecular weight excluding hydrogens is 240 g/mol. The van der Waals surface area contributed by atoms with Gasteiger partial charge in [-0.25, -0.2) is 10.4 Å². The fraction of sp³-hybridized carbons (Fsp3) is 0.400. The van der Waals surface area contributed by atoms with Gasteiger partial charge in [0.1, 0.15) is 11.9 Å². The minimum atomic E-state index is -0.303. The van der Waals surface area contributed by atoms with Crippen LogP contribution in [0.1, 0.15) is 37.4 Å². The van der Waals surface area contributed by atoms with E-state index in [0.29, 0.717) is 10.8 Å². The normalized spacial score (nSPS) is 13.2. The lowest BCUT2D eigenvalue weighted by Gasteiger charge is -2.18. The van der Waals surface area contributed by atoms with Crippen LogP contribution in [-0.4, -0.2) is 19.7 Å². The predicted molar refractivity (Wildman–Crippen MR) is 65.4 cm³/mol. The van der Waals surface area contributed by atoms with Crippen LogP contribution in [0.25, 0.3) is 0 Å². The average molecular weight is 255 g/mol. The number of nitrogens with one attached hydrogen (secondary N) is 2. The number of hydrogen-bond acceptors (Lipinski definition) is 4. The topological polar surface area (TPSA) is 84.6 Å². The molecule has 4 N–H and O–H groups in total. The second-order valence-corrected chi connectivity index (χ2v) is 4.40. The lowest BCUT2D eigenvalue weighted by Crippen LogP contribution is -2.32. The molecule has 0 radical (unpaired) electrons. The molecule has 0 aliphatic carbocycles. The standard InChI is InChI=1S/C10H15ClN6/c1-6(2)17-9(7(11)5-15-17)8(16-12)10-13-3-4-14-10/h3-6,8,16H,12H2,1-2H3,(H,13,14). The molecule has 0 bridgehead atoms. The highest BCUT2D eigenvalue weighted by Gasteiger charge is 2.23. The van der Waals surface area contributed by atoms with E-state index < -0.39 is 0 Å². The molecular formula is C10H15ClN6. The summed E-state index contributed by atoms with van der Waals surface area (Å²) in [4.78, 5) is 7.20. The number of hydrogen-bond donors (Lipinski definition) is 3. The zero-order valence-electron chi connectivity index (χ0n) is 9.68. The van der Waals surface area contributed by atoms with Gasteiger partial charge in [0.15, 0.2) is 0 Å². The number of hydrazine groups is 1. The summed E-state index contributed by atoms with van der Waals surface area (Å²) in [6.45, 7) is 4.06. The Hall–Kier alpha value is -1.37. The minimum Gasteiger partial charge on any atom is -0.347 e. The van der Waals surface area contributed by atoms with Crippen molar-refractivity contribution in [1.82, 2.24) is 25.2 Å². The minimum absolute atomic E-state index is 0.198. The molecule has 0 aromatic carbocycles. The molecule has 2 rings (SSSR count). The van der Waals surface area contributed by atoms with E-state index in [0.717, 1.165) is 5.69 Å². The summed E-state index contributed by atoms with van der Waals surface area (Å²) in [5.41, 5.74) is 3.51. The second-order valence-electron chi connectivity index (χ2n) is 3.99. The van der Waals surface area contributed by atoms with Crippen molar-refractivity contribution < 1.29 is 0 Å². The maximum Gasteiger partial charge on any atom is 0.130 e. The number of aromatic nitrogens is 4. The highest BCUT2D eigenvalue weighted by Crippen LogP contribution is 2.27. The highest BCUT2D eigenvalue weighted by atomic mass is 35.5. The number of nitrogens with zero attached hydrogens (tertiary/aromatic N) is 3. The third-order valence-corrected chi connectivity index (χ3v) is 2.80. The van der Waals surface area contributed by atoms with Crippen molar-refractivity contribution in [2.75, 3.05) is 0 Å². The Morgan fingerprint density at radius 2 is 2.29 bits per heavy atom. The van der Waals surface area contributed by atoms with E-state index in [4.69, 9.17) is 17.4 Å². The first-order chi connectivity index (χ1) is 8.15. The van der Waals surface area contributed by atoms with Gasteiger partial charge in [-0.3, -0.25) is 10.5 Å². The SMILES string of the molecule is CC(C)n1ncc(Cl)c1C(NN)c1ncc[nH]1. The number of rotatable bonds is 4. The molecule has 0 spiro atoms. The first-order valence-electron chi connectivity index (χ1n) is 5.33. The van der Waals surface area contributed by atoms with Crippen LogP contribution >= 0.6 is 11.6 Å². The van der Waals surface area contributed by atoms with Crippen molar-refractivity contribution in [1.29, 1.82) is 0 Å². The molecule has 1 unspecified atom stereocenters. The lowest BCUT2D eigenvalue weighted by atomic mass is 10.2. The Bertz CT molecular complexity index is 475. The third-order valence-electron chi connectivity index (χ3n) is 2.51. The number of imidazole rings is 1. The van der Waals surface area contributed by atoms with Crippen molar-refractivity contribution in [2.24, 2.45) is 5.84 Å². The maximum atomic E-state index is 6.16. The highest BCUT2D eigenvalue weighted by molar-refractivity contribution is 6.31. The first-order valence-corrected chi connectivity index (χ1v) is 5.71. The summed E-state index contributed by atoms with van der Waals surface area (Å²) in [5.74, 6) is 6.29. The van der Waals surface area contributed by atoms with Gasteiger partial charge in [-0.05, 0) is 13.8 Å². The van der Waals surface area contributed by atoms with Gasteiger partial charge in [-0.1, -0.05) is 11.6 Å². The third kappa shape index (κ3) is 2.19. The van der Waals surface area contributed by atoms with Crippen LogP contribution in [0.2, 0.25) is 5.02 Å². The van der Waals surface area contributed by atoms with Crippen LogP contribution in [0.5, 0.6) is 0 Å². The van der Waals surface area contributed by atoms with Crippen LogP contribution in [0.4, 0.5) is 0 Å². The van der Waals surface area contributed by atoms with Crippen molar-refractivity contribution >= 4 is 11.6 Å². The van der Waals surface area contributed by atoms with Crippen LogP contribution in [0.15, 0.2) is 18.6 Å². The van der Waals surface area contributed by atoms with E-state index in [1.165, 1.54) is 0 Å². The van der Waals surface area contributed by atoms with E-state index in [1.54, 1.807) is 18.6 Å². The number of nitrogens with two attached hydrogens (primary N) is 1. The molecule has 2 aromatic rings. The van der Waals surface area contributed by atoms with Crippen molar-refractivity contribution in [2.45, 2.75) is 25.9 Å². The van der Waals surface area contributed by atoms with Gasteiger partial charge >= 0.3 is 0 Å². The van der Waals surface area contributed by atoms with E-state index >= 15 is 0 Å². The molecule has 2 heterocycles. The van der Waals surface area contributed by atoms with Crippen molar-refractivity contribution in [3.05, 3.63) is 35.1 Å². The quantitative estimate of drug-likeness (QED) is 0.569. The molecule has 0 fully saturated rings.